The number of rotatable bonds is 6. The van der Waals surface area contributed by atoms with E-state index in [1.165, 1.54) is 25.0 Å². The van der Waals surface area contributed by atoms with Gasteiger partial charge in [-0.05, 0) is 69.6 Å². The second kappa shape index (κ2) is 7.63. The van der Waals surface area contributed by atoms with E-state index in [0.717, 1.165) is 44.6 Å². The molecule has 22 heavy (non-hydrogen) atoms. The number of nitrogens with one attached hydrogen (secondary N) is 1. The number of amides is 1. The smallest absolute Gasteiger partial charge is 0.352 e. The number of hydrogen-bond acceptors (Lipinski definition) is 2. The van der Waals surface area contributed by atoms with Crippen molar-refractivity contribution in [3.8, 4) is 0 Å². The van der Waals surface area contributed by atoms with Crippen molar-refractivity contribution in [3.05, 3.63) is 35.4 Å². The van der Waals surface area contributed by atoms with Gasteiger partial charge in [0.05, 0.1) is 5.56 Å². The van der Waals surface area contributed by atoms with E-state index in [1.807, 2.05) is 0 Å². The maximum absolute atomic E-state index is 12.4. The zero-order chi connectivity index (χ0) is 16.0. The molecule has 1 aliphatic heterocycles. The third-order valence-corrected chi connectivity index (χ3v) is 3.86. The monoisotopic (exact) mass is 314 g/mol. The molecule has 0 aromatic heterocycles. The van der Waals surface area contributed by atoms with Crippen LogP contribution < -0.4 is 5.32 Å². The largest absolute Gasteiger partial charge is 0.416 e. The van der Waals surface area contributed by atoms with Crippen molar-refractivity contribution in [2.24, 2.45) is 0 Å². The first kappa shape index (κ1) is 16.8. The highest BCUT2D eigenvalue weighted by molar-refractivity contribution is 5.94. The first-order valence-corrected chi connectivity index (χ1v) is 7.64. The molecule has 0 atom stereocenters. The van der Waals surface area contributed by atoms with Crippen LogP contribution in [0.2, 0.25) is 0 Å². The minimum Gasteiger partial charge on any atom is -0.352 e. The van der Waals surface area contributed by atoms with Gasteiger partial charge in [-0.15, -0.1) is 0 Å². The molecule has 1 aromatic rings. The summed E-state index contributed by atoms with van der Waals surface area (Å²) in [5.74, 6) is -0.324. The number of alkyl halides is 3. The fourth-order valence-electron chi connectivity index (χ4n) is 2.58. The van der Waals surface area contributed by atoms with Gasteiger partial charge in [0.1, 0.15) is 0 Å². The molecule has 3 nitrogen and oxygen atoms in total. The lowest BCUT2D eigenvalue weighted by molar-refractivity contribution is -0.137. The van der Waals surface area contributed by atoms with Gasteiger partial charge in [-0.25, -0.2) is 0 Å². The van der Waals surface area contributed by atoms with Crippen LogP contribution in [0.5, 0.6) is 0 Å². The molecule has 1 N–H and O–H groups in total. The van der Waals surface area contributed by atoms with E-state index in [0.29, 0.717) is 6.54 Å². The Morgan fingerprint density at radius 3 is 2.32 bits per heavy atom. The van der Waals surface area contributed by atoms with Crippen molar-refractivity contribution in [2.75, 3.05) is 26.2 Å². The van der Waals surface area contributed by atoms with Crippen LogP contribution in [0.3, 0.4) is 0 Å². The molecule has 1 heterocycles. The van der Waals surface area contributed by atoms with Crippen LogP contribution in [0, 0.1) is 0 Å². The van der Waals surface area contributed by atoms with Gasteiger partial charge in [-0.1, -0.05) is 0 Å². The average molecular weight is 314 g/mol. The third-order valence-electron chi connectivity index (χ3n) is 3.86. The Morgan fingerprint density at radius 1 is 1.09 bits per heavy atom. The SMILES string of the molecule is O=C(NCCCCN1CCCC1)c1ccc(C(F)(F)F)cc1. The second-order valence-corrected chi connectivity index (χ2v) is 5.59. The summed E-state index contributed by atoms with van der Waals surface area (Å²) in [7, 11) is 0. The minimum atomic E-state index is -4.37. The molecular weight excluding hydrogens is 293 g/mol. The van der Waals surface area contributed by atoms with Gasteiger partial charge in [-0.2, -0.15) is 13.2 Å². The number of hydrogen-bond donors (Lipinski definition) is 1. The predicted molar refractivity (Wildman–Crippen MR) is 78.7 cm³/mol. The summed E-state index contributed by atoms with van der Waals surface area (Å²) >= 11 is 0. The number of benzene rings is 1. The van der Waals surface area contributed by atoms with E-state index >= 15 is 0 Å². The van der Waals surface area contributed by atoms with Crippen LogP contribution in [-0.2, 0) is 6.18 Å². The zero-order valence-electron chi connectivity index (χ0n) is 12.5. The molecule has 1 saturated heterocycles. The molecule has 0 unspecified atom stereocenters. The fraction of sp³-hybridized carbons (Fsp3) is 0.562. The highest BCUT2D eigenvalue weighted by Crippen LogP contribution is 2.29. The van der Waals surface area contributed by atoms with Crippen molar-refractivity contribution in [2.45, 2.75) is 31.9 Å². The molecule has 0 bridgehead atoms. The van der Waals surface area contributed by atoms with E-state index in [4.69, 9.17) is 0 Å². The number of carbonyl (C=O) groups is 1. The minimum absolute atomic E-state index is 0.257. The van der Waals surface area contributed by atoms with Gasteiger partial charge in [-0.3, -0.25) is 4.79 Å². The molecule has 1 aromatic carbocycles. The summed E-state index contributed by atoms with van der Waals surface area (Å²) in [6.07, 6.45) is 0.0655. The van der Waals surface area contributed by atoms with Crippen LogP contribution in [0.1, 0.15) is 41.6 Å². The summed E-state index contributed by atoms with van der Waals surface area (Å²) in [4.78, 5) is 14.2. The average Bonchev–Trinajstić information content (AvgIpc) is 2.99. The van der Waals surface area contributed by atoms with Gasteiger partial charge in [0, 0.05) is 12.1 Å². The Kier molecular flexibility index (Phi) is 5.83. The number of likely N-dealkylation sites (tertiary alicyclic amines) is 1. The normalized spacial score (nSPS) is 16.0. The van der Waals surface area contributed by atoms with Crippen LogP contribution in [0.4, 0.5) is 13.2 Å². The van der Waals surface area contributed by atoms with Crippen LogP contribution in [0.25, 0.3) is 0 Å². The summed E-state index contributed by atoms with van der Waals surface area (Å²) in [6, 6.07) is 4.29. The van der Waals surface area contributed by atoms with Crippen LogP contribution in [-0.4, -0.2) is 37.0 Å². The molecule has 2 rings (SSSR count). The fourth-order valence-corrected chi connectivity index (χ4v) is 2.58. The van der Waals surface area contributed by atoms with E-state index < -0.39 is 11.7 Å². The van der Waals surface area contributed by atoms with Crippen molar-refractivity contribution in [3.63, 3.8) is 0 Å². The van der Waals surface area contributed by atoms with E-state index in [2.05, 4.69) is 10.2 Å². The van der Waals surface area contributed by atoms with E-state index in [-0.39, 0.29) is 11.5 Å². The van der Waals surface area contributed by atoms with Crippen LogP contribution >= 0.6 is 0 Å². The summed E-state index contributed by atoms with van der Waals surface area (Å²) in [5, 5.41) is 2.74. The number of nitrogens with zero attached hydrogens (tertiary/aromatic N) is 1. The number of unbranched alkanes of at least 4 members (excludes halogenated alkanes) is 1. The Bertz CT molecular complexity index is 479. The molecule has 1 fully saturated rings. The zero-order valence-corrected chi connectivity index (χ0v) is 12.5. The molecule has 0 saturated carbocycles. The lowest BCUT2D eigenvalue weighted by Crippen LogP contribution is -2.26. The first-order valence-electron chi connectivity index (χ1n) is 7.64. The molecule has 0 aliphatic carbocycles. The maximum atomic E-state index is 12.4. The molecule has 122 valence electrons. The van der Waals surface area contributed by atoms with E-state index in [1.54, 1.807) is 0 Å². The number of carbonyl (C=O) groups excluding carboxylic acids is 1. The summed E-state index contributed by atoms with van der Waals surface area (Å²) < 4.78 is 37.3. The number of halogens is 3. The maximum Gasteiger partial charge on any atom is 0.416 e. The van der Waals surface area contributed by atoms with Gasteiger partial charge in [0.2, 0.25) is 0 Å². The first-order chi connectivity index (χ1) is 10.5. The van der Waals surface area contributed by atoms with Gasteiger partial charge in [0.25, 0.3) is 5.91 Å². The molecule has 1 aliphatic rings. The molecule has 0 spiro atoms. The Balaban J connectivity index is 1.68. The standard InChI is InChI=1S/C16H21F3N2O/c17-16(18,19)14-7-5-13(6-8-14)15(22)20-9-1-2-10-21-11-3-4-12-21/h5-8H,1-4,9-12H2,(H,20,22). The van der Waals surface area contributed by atoms with Crippen molar-refractivity contribution < 1.29 is 18.0 Å². The molecule has 0 radical (unpaired) electrons. The molecular formula is C16H21F3N2O. The van der Waals surface area contributed by atoms with Gasteiger partial charge >= 0.3 is 6.18 Å². The molecule has 6 heteroatoms. The topological polar surface area (TPSA) is 32.3 Å². The summed E-state index contributed by atoms with van der Waals surface area (Å²) in [5.41, 5.74) is -0.484. The van der Waals surface area contributed by atoms with Crippen molar-refractivity contribution >= 4 is 5.91 Å². The van der Waals surface area contributed by atoms with Crippen LogP contribution in [0.15, 0.2) is 24.3 Å². The van der Waals surface area contributed by atoms with Crippen molar-refractivity contribution in [1.82, 2.24) is 10.2 Å². The predicted octanol–water partition coefficient (Wildman–Crippen LogP) is 3.31. The Hall–Kier alpha value is -1.56. The Morgan fingerprint density at radius 2 is 1.73 bits per heavy atom. The third kappa shape index (κ3) is 5.02. The second-order valence-electron chi connectivity index (χ2n) is 5.59. The lowest BCUT2D eigenvalue weighted by Gasteiger charge is -2.14. The highest BCUT2D eigenvalue weighted by atomic mass is 19.4. The van der Waals surface area contributed by atoms with E-state index in [9.17, 15) is 18.0 Å². The van der Waals surface area contributed by atoms with Gasteiger partial charge < -0.3 is 10.2 Å². The summed E-state index contributed by atoms with van der Waals surface area (Å²) in [6.45, 7) is 3.93. The molecule has 1 amide bonds. The lowest BCUT2D eigenvalue weighted by atomic mass is 10.1. The quantitative estimate of drug-likeness (QED) is 0.817. The van der Waals surface area contributed by atoms with Gasteiger partial charge in [0.15, 0.2) is 0 Å². The highest BCUT2D eigenvalue weighted by Gasteiger charge is 2.30. The van der Waals surface area contributed by atoms with Crippen molar-refractivity contribution in [1.29, 1.82) is 0 Å². The Labute approximate surface area is 128 Å².